The van der Waals surface area contributed by atoms with Crippen LogP contribution in [0, 0.1) is 29.1 Å². The molecule has 0 saturated heterocycles. The summed E-state index contributed by atoms with van der Waals surface area (Å²) < 4.78 is 28.7. The van der Waals surface area contributed by atoms with E-state index in [0.29, 0.717) is 11.8 Å². The highest BCUT2D eigenvalue weighted by Crippen LogP contribution is 2.66. The van der Waals surface area contributed by atoms with Crippen molar-refractivity contribution in [2.75, 3.05) is 0 Å². The molecule has 0 N–H and O–H groups in total. The lowest BCUT2D eigenvalue weighted by Crippen LogP contribution is -2.49. The highest BCUT2D eigenvalue weighted by atomic mass is 19.3. The Hall–Kier alpha value is -0.400. The van der Waals surface area contributed by atoms with Crippen LogP contribution in [0.25, 0.3) is 0 Å². The van der Waals surface area contributed by atoms with Gasteiger partial charge >= 0.3 is 0 Å². The van der Waals surface area contributed by atoms with E-state index in [0.717, 1.165) is 31.1 Å². The number of allylic oxidation sites excluding steroid dienone is 2. The van der Waals surface area contributed by atoms with E-state index in [-0.39, 0.29) is 6.42 Å². The fourth-order valence-corrected chi connectivity index (χ4v) is 6.23. The van der Waals surface area contributed by atoms with Gasteiger partial charge in [0.2, 0.25) is 0 Å². The summed E-state index contributed by atoms with van der Waals surface area (Å²) >= 11 is 0. The van der Waals surface area contributed by atoms with Crippen molar-refractivity contribution in [2.45, 2.75) is 70.6 Å². The second-order valence-corrected chi connectivity index (χ2v) is 7.99. The molecule has 0 aromatic heterocycles. The molecule has 0 aromatic carbocycles. The first-order valence-corrected chi connectivity index (χ1v) is 8.60. The predicted molar refractivity (Wildman–Crippen MR) is 76.7 cm³/mol. The second-order valence-electron chi connectivity index (χ2n) is 7.99. The van der Waals surface area contributed by atoms with E-state index in [2.05, 4.69) is 6.08 Å². The van der Waals surface area contributed by atoms with Gasteiger partial charge in [-0.3, -0.25) is 0 Å². The van der Waals surface area contributed by atoms with Gasteiger partial charge in [-0.25, -0.2) is 8.78 Å². The number of rotatable bonds is 0. The first-order chi connectivity index (χ1) is 9.53. The molecule has 0 heterocycles. The van der Waals surface area contributed by atoms with Crippen LogP contribution in [0.1, 0.15) is 64.7 Å². The van der Waals surface area contributed by atoms with Crippen LogP contribution >= 0.6 is 0 Å². The van der Waals surface area contributed by atoms with Crippen LogP contribution in [0.3, 0.4) is 0 Å². The van der Waals surface area contributed by atoms with E-state index >= 15 is 0 Å². The van der Waals surface area contributed by atoms with Crippen LogP contribution in [0.2, 0.25) is 0 Å². The fourth-order valence-electron chi connectivity index (χ4n) is 6.23. The van der Waals surface area contributed by atoms with Gasteiger partial charge < -0.3 is 0 Å². The van der Waals surface area contributed by atoms with Crippen LogP contribution in [-0.4, -0.2) is 5.92 Å². The minimum Gasteiger partial charge on any atom is -0.206 e. The number of hydrogen-bond acceptors (Lipinski definition) is 0. The molecule has 5 atom stereocenters. The summed E-state index contributed by atoms with van der Waals surface area (Å²) in [5.74, 6) is -0.0589. The summed E-state index contributed by atoms with van der Waals surface area (Å²) in [6.45, 7) is 1.90. The highest BCUT2D eigenvalue weighted by molar-refractivity contribution is 5.18. The summed E-state index contributed by atoms with van der Waals surface area (Å²) in [5, 5.41) is 0. The zero-order valence-electron chi connectivity index (χ0n) is 12.5. The van der Waals surface area contributed by atoms with Gasteiger partial charge in [0.05, 0.1) is 0 Å². The molecule has 20 heavy (non-hydrogen) atoms. The van der Waals surface area contributed by atoms with E-state index < -0.39 is 11.3 Å². The van der Waals surface area contributed by atoms with Crippen molar-refractivity contribution < 1.29 is 8.78 Å². The van der Waals surface area contributed by atoms with Crippen LogP contribution in [0.15, 0.2) is 11.6 Å². The molecule has 0 aromatic rings. The van der Waals surface area contributed by atoms with Crippen molar-refractivity contribution in [3.63, 3.8) is 0 Å². The summed E-state index contributed by atoms with van der Waals surface area (Å²) in [6, 6.07) is 0. The largest absolute Gasteiger partial charge is 0.253 e. The third-order valence-corrected chi connectivity index (χ3v) is 7.37. The molecule has 3 fully saturated rings. The number of alkyl halides is 2. The maximum absolute atomic E-state index is 14.3. The Morgan fingerprint density at radius 3 is 2.75 bits per heavy atom. The Labute approximate surface area is 121 Å². The minimum absolute atomic E-state index is 0.144. The minimum atomic E-state index is -2.41. The summed E-state index contributed by atoms with van der Waals surface area (Å²) in [4.78, 5) is 0. The third kappa shape index (κ3) is 1.63. The van der Waals surface area contributed by atoms with Crippen molar-refractivity contribution in [2.24, 2.45) is 29.1 Å². The molecular formula is C18H26F2. The molecule has 0 nitrogen and oxygen atoms in total. The lowest BCUT2D eigenvalue weighted by Gasteiger charge is -2.53. The van der Waals surface area contributed by atoms with Gasteiger partial charge in [-0.1, -0.05) is 18.6 Å². The van der Waals surface area contributed by atoms with Gasteiger partial charge in [-0.15, -0.1) is 0 Å². The molecule has 0 radical (unpaired) electrons. The second kappa shape index (κ2) is 4.30. The van der Waals surface area contributed by atoms with Gasteiger partial charge in [0.15, 0.2) is 0 Å². The lowest BCUT2D eigenvalue weighted by atomic mass is 9.52. The van der Waals surface area contributed by atoms with Crippen LogP contribution < -0.4 is 0 Å². The van der Waals surface area contributed by atoms with E-state index in [1.54, 1.807) is 5.57 Å². The summed E-state index contributed by atoms with van der Waals surface area (Å²) in [7, 11) is 0. The van der Waals surface area contributed by atoms with Crippen LogP contribution in [0.5, 0.6) is 0 Å². The van der Waals surface area contributed by atoms with Gasteiger partial charge in [0, 0.05) is 11.8 Å². The van der Waals surface area contributed by atoms with Crippen molar-refractivity contribution in [1.82, 2.24) is 0 Å². The average Bonchev–Trinajstić information content (AvgIpc) is 2.69. The Kier molecular flexibility index (Phi) is 2.86. The summed E-state index contributed by atoms with van der Waals surface area (Å²) in [6.07, 6.45) is 11.5. The Balaban J connectivity index is 1.65. The molecule has 4 aliphatic carbocycles. The monoisotopic (exact) mass is 280 g/mol. The predicted octanol–water partition coefficient (Wildman–Crippen LogP) is 5.58. The molecule has 0 unspecified atom stereocenters. The SMILES string of the molecule is C[C@]12CC[C@H]3[C@@H](CCC4=CCCC[C@@H]43)[C@@H]1CCC2(F)F. The first kappa shape index (κ1) is 13.3. The topological polar surface area (TPSA) is 0 Å². The van der Waals surface area contributed by atoms with E-state index in [9.17, 15) is 8.78 Å². The molecule has 2 heteroatoms. The van der Waals surface area contributed by atoms with Crippen molar-refractivity contribution in [3.05, 3.63) is 11.6 Å². The molecule has 112 valence electrons. The first-order valence-electron chi connectivity index (χ1n) is 8.60. The maximum Gasteiger partial charge on any atom is 0.253 e. The fraction of sp³-hybridized carbons (Fsp3) is 0.889. The molecule has 4 rings (SSSR count). The van der Waals surface area contributed by atoms with Crippen molar-refractivity contribution >= 4 is 0 Å². The normalized spacial score (nSPS) is 49.9. The van der Waals surface area contributed by atoms with Crippen LogP contribution in [-0.2, 0) is 0 Å². The van der Waals surface area contributed by atoms with Gasteiger partial charge in [-0.05, 0) is 75.0 Å². The van der Waals surface area contributed by atoms with Crippen molar-refractivity contribution in [3.8, 4) is 0 Å². The number of fused-ring (bicyclic) bond motifs is 5. The molecule has 0 spiro atoms. The lowest BCUT2D eigenvalue weighted by molar-refractivity contribution is -0.143. The van der Waals surface area contributed by atoms with E-state index in [1.165, 1.54) is 32.1 Å². The third-order valence-electron chi connectivity index (χ3n) is 7.37. The average molecular weight is 280 g/mol. The zero-order chi connectivity index (χ0) is 14.0. The molecular weight excluding hydrogens is 254 g/mol. The highest BCUT2D eigenvalue weighted by Gasteiger charge is 2.64. The number of hydrogen-bond donors (Lipinski definition) is 0. The Morgan fingerprint density at radius 2 is 1.90 bits per heavy atom. The zero-order valence-corrected chi connectivity index (χ0v) is 12.5. The Bertz CT molecular complexity index is 439. The Morgan fingerprint density at radius 1 is 1.05 bits per heavy atom. The number of halogens is 2. The maximum atomic E-state index is 14.3. The standard InChI is InChI=1S/C18H26F2/c1-17-10-8-14-13-5-3-2-4-12(13)6-7-15(14)16(17)9-11-18(17,19)20/h4,13-16H,2-3,5-11H2,1H3/t13-,14+,15+,16-,17-/m0/s1. The molecule has 0 amide bonds. The van der Waals surface area contributed by atoms with E-state index in [1.807, 2.05) is 6.92 Å². The van der Waals surface area contributed by atoms with Crippen molar-refractivity contribution in [1.29, 1.82) is 0 Å². The van der Waals surface area contributed by atoms with Gasteiger partial charge in [0.1, 0.15) is 0 Å². The smallest absolute Gasteiger partial charge is 0.206 e. The molecule has 0 bridgehead atoms. The quantitative estimate of drug-likeness (QED) is 0.508. The molecule has 3 saturated carbocycles. The molecule has 0 aliphatic heterocycles. The van der Waals surface area contributed by atoms with Crippen LogP contribution in [0.4, 0.5) is 8.78 Å². The van der Waals surface area contributed by atoms with Gasteiger partial charge in [-0.2, -0.15) is 0 Å². The molecule has 4 aliphatic rings. The van der Waals surface area contributed by atoms with Gasteiger partial charge in [0.25, 0.3) is 5.92 Å². The summed E-state index contributed by atoms with van der Waals surface area (Å²) in [5.41, 5.74) is 0.996. The van der Waals surface area contributed by atoms with E-state index in [4.69, 9.17) is 0 Å².